The Kier molecular flexibility index (Phi) is 6.83. The molecule has 2 aromatic rings. The molecule has 0 amide bonds. The van der Waals surface area contributed by atoms with E-state index in [1.807, 2.05) is 63.5 Å². The molecule has 0 spiro atoms. The second-order valence-electron chi connectivity index (χ2n) is 7.13. The van der Waals surface area contributed by atoms with Gasteiger partial charge in [-0.25, -0.2) is 0 Å². The van der Waals surface area contributed by atoms with Crippen molar-refractivity contribution in [3.8, 4) is 0 Å². The van der Waals surface area contributed by atoms with Crippen LogP contribution in [0.3, 0.4) is 0 Å². The molecule has 0 aliphatic carbocycles. The van der Waals surface area contributed by atoms with Gasteiger partial charge in [0.2, 0.25) is 0 Å². The van der Waals surface area contributed by atoms with Crippen LogP contribution in [0, 0.1) is 5.92 Å². The third kappa shape index (κ3) is 5.43. The Balaban J connectivity index is 2.36. The number of hydrogen-bond acceptors (Lipinski definition) is 2. The zero-order valence-corrected chi connectivity index (χ0v) is 16.3. The van der Waals surface area contributed by atoms with Gasteiger partial charge in [0.1, 0.15) is 0 Å². The molecule has 0 bridgehead atoms. The lowest BCUT2D eigenvalue weighted by atomic mass is 9.77. The van der Waals surface area contributed by atoms with E-state index in [1.54, 1.807) is 0 Å². The van der Waals surface area contributed by atoms with Gasteiger partial charge in [0.05, 0.1) is 5.60 Å². The van der Waals surface area contributed by atoms with E-state index < -0.39 is 5.60 Å². The van der Waals surface area contributed by atoms with Crippen LogP contribution in [0.2, 0.25) is 5.02 Å². The molecule has 0 saturated carbocycles. The van der Waals surface area contributed by atoms with Crippen molar-refractivity contribution in [2.45, 2.75) is 25.9 Å². The first-order valence-electron chi connectivity index (χ1n) is 8.66. The van der Waals surface area contributed by atoms with Crippen LogP contribution in [0.15, 0.2) is 60.2 Å². The number of aliphatic hydroxyl groups is 1. The molecule has 0 heterocycles. The Bertz CT molecular complexity index is 694. The summed E-state index contributed by atoms with van der Waals surface area (Å²) in [5.74, 6) is 0.0816. The Hall–Kier alpha value is -1.61. The molecule has 0 saturated heterocycles. The number of hydrogen-bond donors (Lipinski definition) is 1. The van der Waals surface area contributed by atoms with Crippen LogP contribution in [-0.4, -0.2) is 36.2 Å². The van der Waals surface area contributed by atoms with Crippen molar-refractivity contribution in [3.05, 3.63) is 76.3 Å². The van der Waals surface area contributed by atoms with Crippen molar-refractivity contribution < 1.29 is 5.11 Å². The first-order chi connectivity index (χ1) is 11.8. The molecular formula is C22H28ClNO. The first kappa shape index (κ1) is 19.7. The zero-order chi connectivity index (χ0) is 18.4. The Morgan fingerprint density at radius 3 is 2.28 bits per heavy atom. The van der Waals surface area contributed by atoms with Gasteiger partial charge in [0.15, 0.2) is 0 Å². The van der Waals surface area contributed by atoms with E-state index in [2.05, 4.69) is 30.0 Å². The van der Waals surface area contributed by atoms with Gasteiger partial charge in [-0.05, 0) is 49.9 Å². The van der Waals surface area contributed by atoms with Gasteiger partial charge in [-0.1, -0.05) is 67.1 Å². The van der Waals surface area contributed by atoms with E-state index >= 15 is 0 Å². The quantitative estimate of drug-likeness (QED) is 0.760. The van der Waals surface area contributed by atoms with E-state index in [9.17, 15) is 5.11 Å². The second kappa shape index (κ2) is 8.66. The average molecular weight is 358 g/mol. The predicted molar refractivity (Wildman–Crippen MR) is 108 cm³/mol. The van der Waals surface area contributed by atoms with Gasteiger partial charge in [-0.2, -0.15) is 0 Å². The van der Waals surface area contributed by atoms with Gasteiger partial charge in [-0.3, -0.25) is 0 Å². The molecule has 134 valence electrons. The molecule has 0 aliphatic heterocycles. The van der Waals surface area contributed by atoms with Crippen LogP contribution in [0.25, 0.3) is 6.08 Å². The Morgan fingerprint density at radius 1 is 1.12 bits per heavy atom. The fourth-order valence-corrected chi connectivity index (χ4v) is 3.36. The molecule has 0 aliphatic rings. The van der Waals surface area contributed by atoms with E-state index in [0.29, 0.717) is 11.4 Å². The van der Waals surface area contributed by atoms with E-state index in [1.165, 1.54) is 0 Å². The number of benzene rings is 2. The van der Waals surface area contributed by atoms with Gasteiger partial charge >= 0.3 is 0 Å². The van der Waals surface area contributed by atoms with Gasteiger partial charge in [0.25, 0.3) is 0 Å². The highest BCUT2D eigenvalue weighted by Gasteiger charge is 2.36. The Labute approximate surface area is 156 Å². The lowest BCUT2D eigenvalue weighted by Crippen LogP contribution is -2.44. The molecule has 25 heavy (non-hydrogen) atoms. The van der Waals surface area contributed by atoms with Crippen molar-refractivity contribution in [3.63, 3.8) is 0 Å². The number of rotatable bonds is 7. The fraction of sp³-hybridized carbons (Fsp3) is 0.364. The van der Waals surface area contributed by atoms with Gasteiger partial charge in [0, 0.05) is 23.9 Å². The molecule has 2 unspecified atom stereocenters. The normalized spacial score (nSPS) is 15.9. The molecule has 2 nitrogen and oxygen atoms in total. The molecule has 3 heteroatoms. The van der Waals surface area contributed by atoms with Crippen molar-refractivity contribution in [1.29, 1.82) is 0 Å². The highest BCUT2D eigenvalue weighted by molar-refractivity contribution is 6.30. The van der Waals surface area contributed by atoms with Crippen LogP contribution < -0.4 is 0 Å². The predicted octanol–water partition coefficient (Wildman–Crippen LogP) is 4.91. The van der Waals surface area contributed by atoms with Crippen LogP contribution in [0.1, 0.15) is 25.0 Å². The largest absolute Gasteiger partial charge is 0.385 e. The number of nitrogens with zero attached hydrogens (tertiary/aromatic N) is 1. The van der Waals surface area contributed by atoms with Crippen LogP contribution in [-0.2, 0) is 6.42 Å². The third-order valence-electron chi connectivity index (χ3n) is 4.71. The summed E-state index contributed by atoms with van der Waals surface area (Å²) in [6, 6.07) is 17.9. The summed E-state index contributed by atoms with van der Waals surface area (Å²) in [5.41, 5.74) is 2.24. The van der Waals surface area contributed by atoms with E-state index in [4.69, 9.17) is 11.6 Å². The van der Waals surface area contributed by atoms with Gasteiger partial charge in [-0.15, -0.1) is 0 Å². The third-order valence-corrected chi connectivity index (χ3v) is 4.96. The van der Waals surface area contributed by atoms with E-state index in [0.717, 1.165) is 23.2 Å². The summed E-state index contributed by atoms with van der Waals surface area (Å²) < 4.78 is 0. The summed E-state index contributed by atoms with van der Waals surface area (Å²) in [5, 5.41) is 12.4. The van der Waals surface area contributed by atoms with Crippen molar-refractivity contribution in [2.75, 3.05) is 20.6 Å². The molecule has 2 atom stereocenters. The maximum Gasteiger partial charge on any atom is 0.0935 e. The lowest BCUT2D eigenvalue weighted by molar-refractivity contribution is 0.0150. The van der Waals surface area contributed by atoms with E-state index in [-0.39, 0.29) is 5.92 Å². The van der Waals surface area contributed by atoms with Crippen molar-refractivity contribution in [1.82, 2.24) is 4.90 Å². The zero-order valence-electron chi connectivity index (χ0n) is 15.5. The summed E-state index contributed by atoms with van der Waals surface area (Å²) in [6.07, 6.45) is 2.65. The molecular weight excluding hydrogens is 330 g/mol. The summed E-state index contributed by atoms with van der Waals surface area (Å²) in [4.78, 5) is 2.12. The van der Waals surface area contributed by atoms with Crippen LogP contribution >= 0.6 is 11.6 Å². The smallest absolute Gasteiger partial charge is 0.0935 e. The summed E-state index contributed by atoms with van der Waals surface area (Å²) in [7, 11) is 4.07. The topological polar surface area (TPSA) is 23.5 Å². The van der Waals surface area contributed by atoms with Crippen molar-refractivity contribution >= 4 is 17.7 Å². The average Bonchev–Trinajstić information content (AvgIpc) is 2.57. The molecule has 0 fully saturated rings. The SMILES string of the molecule is C/C(=C/c1ccccc1)C(O)(Cc1ccc(Cl)cc1)C(C)CN(C)C. The molecule has 2 rings (SSSR count). The molecule has 2 aromatic carbocycles. The standard InChI is InChI=1S/C22H28ClNO/c1-17(14-19-8-6-5-7-9-19)22(25,18(2)16-24(3)4)15-20-10-12-21(23)13-11-20/h5-14,18,25H,15-16H2,1-4H3/b17-14-. The summed E-state index contributed by atoms with van der Waals surface area (Å²) in [6.45, 7) is 4.94. The minimum Gasteiger partial charge on any atom is -0.385 e. The maximum atomic E-state index is 11.7. The Morgan fingerprint density at radius 2 is 1.72 bits per heavy atom. The van der Waals surface area contributed by atoms with Crippen LogP contribution in [0.5, 0.6) is 0 Å². The molecule has 0 aromatic heterocycles. The van der Waals surface area contributed by atoms with Gasteiger partial charge < -0.3 is 10.0 Å². The monoisotopic (exact) mass is 357 g/mol. The number of halogens is 1. The fourth-order valence-electron chi connectivity index (χ4n) is 3.24. The highest BCUT2D eigenvalue weighted by Crippen LogP contribution is 2.32. The van der Waals surface area contributed by atoms with Crippen LogP contribution in [0.4, 0.5) is 0 Å². The molecule has 0 radical (unpaired) electrons. The minimum atomic E-state index is -0.923. The molecule has 1 N–H and O–H groups in total. The lowest BCUT2D eigenvalue weighted by Gasteiger charge is -2.37. The maximum absolute atomic E-state index is 11.7. The minimum absolute atomic E-state index is 0.0816. The second-order valence-corrected chi connectivity index (χ2v) is 7.57. The summed E-state index contributed by atoms with van der Waals surface area (Å²) >= 11 is 6.00. The highest BCUT2D eigenvalue weighted by atomic mass is 35.5. The van der Waals surface area contributed by atoms with Crippen molar-refractivity contribution in [2.24, 2.45) is 5.92 Å². The first-order valence-corrected chi connectivity index (χ1v) is 9.04.